The molecule has 0 saturated carbocycles. The second kappa shape index (κ2) is 6.65. The normalized spacial score (nSPS) is 10.2. The number of ether oxygens (including phenoxy) is 1. The minimum Gasteiger partial charge on any atom is -0.496 e. The van der Waals surface area contributed by atoms with E-state index in [9.17, 15) is 10.1 Å². The second-order valence-corrected chi connectivity index (χ2v) is 5.04. The summed E-state index contributed by atoms with van der Waals surface area (Å²) >= 11 is 11.9. The fourth-order valence-corrected chi connectivity index (χ4v) is 2.29. The number of nitrogens with zero attached hydrogens (tertiary/aromatic N) is 1. The number of halogens is 2. The number of hydrogen-bond donors (Lipinski definition) is 1. The Kier molecular flexibility index (Phi) is 4.88. The maximum Gasteiger partial charge on any atom is 0.293 e. The molecular formula is C14H12Cl2N2O3. The summed E-state index contributed by atoms with van der Waals surface area (Å²) in [6, 6.07) is 9.73. The Balaban J connectivity index is 2.27. The summed E-state index contributed by atoms with van der Waals surface area (Å²) in [5.41, 5.74) is 1.01. The van der Waals surface area contributed by atoms with Crippen molar-refractivity contribution in [3.05, 3.63) is 62.1 Å². The monoisotopic (exact) mass is 326 g/mol. The number of anilines is 1. The maximum absolute atomic E-state index is 11.0. The van der Waals surface area contributed by atoms with Crippen LogP contribution >= 0.6 is 23.2 Å². The molecule has 7 heteroatoms. The van der Waals surface area contributed by atoms with Gasteiger partial charge in [-0.25, -0.2) is 0 Å². The van der Waals surface area contributed by atoms with Gasteiger partial charge in [0.05, 0.1) is 12.0 Å². The Morgan fingerprint density at radius 3 is 2.71 bits per heavy atom. The predicted octanol–water partition coefficient (Wildman–Crippen LogP) is 4.52. The van der Waals surface area contributed by atoms with E-state index in [2.05, 4.69) is 5.32 Å². The van der Waals surface area contributed by atoms with Gasteiger partial charge in [0.15, 0.2) is 0 Å². The zero-order valence-electron chi connectivity index (χ0n) is 11.1. The minimum atomic E-state index is -0.488. The Hall–Kier alpha value is -1.98. The van der Waals surface area contributed by atoms with E-state index in [0.717, 1.165) is 5.56 Å². The summed E-state index contributed by atoms with van der Waals surface area (Å²) in [7, 11) is 1.54. The van der Waals surface area contributed by atoms with Crippen molar-refractivity contribution in [2.45, 2.75) is 6.54 Å². The molecule has 2 aromatic carbocycles. The molecule has 0 fully saturated rings. The van der Waals surface area contributed by atoms with Gasteiger partial charge < -0.3 is 10.1 Å². The highest BCUT2D eigenvalue weighted by molar-refractivity contribution is 6.31. The molecule has 2 rings (SSSR count). The smallest absolute Gasteiger partial charge is 0.293 e. The molecule has 0 aliphatic rings. The van der Waals surface area contributed by atoms with Crippen molar-refractivity contribution in [3.8, 4) is 5.75 Å². The van der Waals surface area contributed by atoms with E-state index in [0.29, 0.717) is 28.0 Å². The van der Waals surface area contributed by atoms with Crippen molar-refractivity contribution < 1.29 is 9.66 Å². The molecule has 21 heavy (non-hydrogen) atoms. The van der Waals surface area contributed by atoms with Gasteiger partial charge in [0.2, 0.25) is 0 Å². The number of methoxy groups -OCH3 is 1. The van der Waals surface area contributed by atoms with Crippen molar-refractivity contribution in [1.29, 1.82) is 0 Å². The van der Waals surface area contributed by atoms with Crippen LogP contribution in [0.3, 0.4) is 0 Å². The van der Waals surface area contributed by atoms with Gasteiger partial charge in [0, 0.05) is 28.2 Å². The zero-order valence-corrected chi connectivity index (χ0v) is 12.6. The van der Waals surface area contributed by atoms with Gasteiger partial charge in [0.25, 0.3) is 5.69 Å². The first-order valence-corrected chi connectivity index (χ1v) is 6.77. The van der Waals surface area contributed by atoms with Crippen LogP contribution in [0.1, 0.15) is 5.56 Å². The molecule has 110 valence electrons. The van der Waals surface area contributed by atoms with Crippen molar-refractivity contribution >= 4 is 34.6 Å². The molecule has 0 saturated heterocycles. The summed E-state index contributed by atoms with van der Waals surface area (Å²) in [5.74, 6) is 0.617. The van der Waals surface area contributed by atoms with Gasteiger partial charge in [-0.1, -0.05) is 29.3 Å². The highest BCUT2D eigenvalue weighted by Crippen LogP contribution is 2.31. The molecule has 1 N–H and O–H groups in total. The van der Waals surface area contributed by atoms with Gasteiger partial charge in [-0.05, 0) is 24.3 Å². The number of hydrogen-bond acceptors (Lipinski definition) is 4. The number of nitrogens with one attached hydrogen (secondary N) is 1. The Morgan fingerprint density at radius 1 is 1.29 bits per heavy atom. The van der Waals surface area contributed by atoms with Crippen molar-refractivity contribution in [1.82, 2.24) is 0 Å². The number of nitro groups is 1. The van der Waals surface area contributed by atoms with Crippen LogP contribution in [0.25, 0.3) is 0 Å². The summed E-state index contributed by atoms with van der Waals surface area (Å²) in [5, 5.41) is 14.9. The lowest BCUT2D eigenvalue weighted by atomic mass is 10.2. The average molecular weight is 327 g/mol. The molecule has 0 atom stereocenters. The maximum atomic E-state index is 11.0. The summed E-state index contributed by atoms with van der Waals surface area (Å²) in [6.45, 7) is 0.297. The first-order chi connectivity index (χ1) is 10.0. The Morgan fingerprint density at radius 2 is 2.05 bits per heavy atom. The lowest BCUT2D eigenvalue weighted by Gasteiger charge is -2.12. The topological polar surface area (TPSA) is 64.4 Å². The van der Waals surface area contributed by atoms with Crippen molar-refractivity contribution in [3.63, 3.8) is 0 Å². The summed E-state index contributed by atoms with van der Waals surface area (Å²) in [6.07, 6.45) is 0. The van der Waals surface area contributed by atoms with E-state index in [1.54, 1.807) is 37.4 Å². The average Bonchev–Trinajstić information content (AvgIpc) is 2.46. The molecule has 0 aromatic heterocycles. The fourth-order valence-electron chi connectivity index (χ4n) is 1.89. The lowest BCUT2D eigenvalue weighted by molar-refractivity contribution is -0.383. The van der Waals surface area contributed by atoms with Crippen molar-refractivity contribution in [2.24, 2.45) is 0 Å². The molecule has 0 spiro atoms. The molecule has 0 unspecified atom stereocenters. The van der Waals surface area contributed by atoms with Gasteiger partial charge in [-0.3, -0.25) is 10.1 Å². The molecule has 5 nitrogen and oxygen atoms in total. The van der Waals surface area contributed by atoms with Gasteiger partial charge in [-0.2, -0.15) is 0 Å². The zero-order chi connectivity index (χ0) is 15.4. The lowest BCUT2D eigenvalue weighted by Crippen LogP contribution is -2.04. The van der Waals surface area contributed by atoms with Gasteiger partial charge >= 0.3 is 0 Å². The van der Waals surface area contributed by atoms with E-state index >= 15 is 0 Å². The Labute approximate surface area is 131 Å². The van der Waals surface area contributed by atoms with Crippen LogP contribution in [0.15, 0.2) is 36.4 Å². The SMILES string of the molecule is COc1cccc(Cl)c1CNc1ccc(Cl)cc1[N+](=O)[O-]. The standard InChI is InChI=1S/C14H12Cl2N2O3/c1-21-14-4-2-3-11(16)10(14)8-17-12-6-5-9(15)7-13(12)18(19)20/h2-7,17H,8H2,1H3. The van der Waals surface area contributed by atoms with E-state index in [4.69, 9.17) is 27.9 Å². The van der Waals surface area contributed by atoms with E-state index in [1.807, 2.05) is 0 Å². The minimum absolute atomic E-state index is 0.0893. The molecule has 0 radical (unpaired) electrons. The van der Waals surface area contributed by atoms with Crippen LogP contribution in [0.5, 0.6) is 5.75 Å². The Bertz CT molecular complexity index is 677. The van der Waals surface area contributed by atoms with Crippen LogP contribution in [-0.4, -0.2) is 12.0 Å². The van der Waals surface area contributed by atoms with E-state index < -0.39 is 4.92 Å². The highest BCUT2D eigenvalue weighted by atomic mass is 35.5. The largest absolute Gasteiger partial charge is 0.496 e. The summed E-state index contributed by atoms with van der Waals surface area (Å²) < 4.78 is 5.23. The highest BCUT2D eigenvalue weighted by Gasteiger charge is 2.15. The second-order valence-electron chi connectivity index (χ2n) is 4.19. The number of rotatable bonds is 5. The van der Waals surface area contributed by atoms with E-state index in [-0.39, 0.29) is 5.69 Å². The van der Waals surface area contributed by atoms with Crippen LogP contribution in [-0.2, 0) is 6.54 Å². The molecule has 0 bridgehead atoms. The van der Waals surface area contributed by atoms with Crippen LogP contribution < -0.4 is 10.1 Å². The quantitative estimate of drug-likeness (QED) is 0.648. The third kappa shape index (κ3) is 3.56. The fraction of sp³-hybridized carbons (Fsp3) is 0.143. The van der Waals surface area contributed by atoms with E-state index in [1.165, 1.54) is 6.07 Å². The molecular weight excluding hydrogens is 315 g/mol. The number of nitro benzene ring substituents is 1. The molecule has 0 aliphatic heterocycles. The summed E-state index contributed by atoms with van der Waals surface area (Å²) in [4.78, 5) is 10.5. The third-order valence-electron chi connectivity index (χ3n) is 2.91. The van der Waals surface area contributed by atoms with Crippen molar-refractivity contribution in [2.75, 3.05) is 12.4 Å². The van der Waals surface area contributed by atoms with Gasteiger partial charge in [0.1, 0.15) is 11.4 Å². The molecule has 0 amide bonds. The molecule has 0 aliphatic carbocycles. The van der Waals surface area contributed by atoms with Crippen LogP contribution in [0.4, 0.5) is 11.4 Å². The predicted molar refractivity (Wildman–Crippen MR) is 83.4 cm³/mol. The first kappa shape index (κ1) is 15.4. The first-order valence-electron chi connectivity index (χ1n) is 6.02. The third-order valence-corrected chi connectivity index (χ3v) is 3.50. The van der Waals surface area contributed by atoms with Crippen LogP contribution in [0, 0.1) is 10.1 Å². The van der Waals surface area contributed by atoms with Crippen LogP contribution in [0.2, 0.25) is 10.0 Å². The van der Waals surface area contributed by atoms with Gasteiger partial charge in [-0.15, -0.1) is 0 Å². The molecule has 0 heterocycles. The molecule has 2 aromatic rings. The number of benzene rings is 2.